The molecule has 0 unspecified atom stereocenters. The molecule has 0 saturated carbocycles. The van der Waals surface area contributed by atoms with E-state index in [0.717, 1.165) is 15.7 Å². The molecular formula is C15H14BrNO2. The molecule has 0 aliphatic heterocycles. The highest BCUT2D eigenvalue weighted by atomic mass is 79.9. The Morgan fingerprint density at radius 2 is 2.05 bits per heavy atom. The van der Waals surface area contributed by atoms with Crippen molar-refractivity contribution in [1.82, 2.24) is 0 Å². The van der Waals surface area contributed by atoms with Crippen LogP contribution in [0.1, 0.15) is 11.1 Å². The van der Waals surface area contributed by atoms with E-state index in [1.807, 2.05) is 31.2 Å². The molecule has 0 aromatic heterocycles. The van der Waals surface area contributed by atoms with Crippen LogP contribution >= 0.6 is 15.9 Å². The van der Waals surface area contributed by atoms with E-state index in [1.54, 1.807) is 18.3 Å². The standard InChI is InChI=1S/C15H14BrNO2/c1-10-6-7-13(12(16)8-10)17-9-11-4-3-5-14(19-2)15(11)18/h3-9,18H,1-2H3. The van der Waals surface area contributed by atoms with Gasteiger partial charge in [0.15, 0.2) is 11.5 Å². The number of hydrogen-bond donors (Lipinski definition) is 1. The average Bonchev–Trinajstić information content (AvgIpc) is 2.39. The Kier molecular flexibility index (Phi) is 4.22. The second kappa shape index (κ2) is 5.89. The number of hydrogen-bond acceptors (Lipinski definition) is 3. The number of rotatable bonds is 3. The fraction of sp³-hybridized carbons (Fsp3) is 0.133. The number of phenolic OH excluding ortho intramolecular Hbond substituents is 1. The Labute approximate surface area is 120 Å². The number of aromatic hydroxyl groups is 1. The van der Waals surface area contributed by atoms with Gasteiger partial charge in [-0.25, -0.2) is 0 Å². The predicted octanol–water partition coefficient (Wildman–Crippen LogP) is 4.22. The number of para-hydroxylation sites is 1. The third-order valence-corrected chi connectivity index (χ3v) is 3.33. The fourth-order valence-corrected chi connectivity index (χ4v) is 2.26. The van der Waals surface area contributed by atoms with E-state index in [0.29, 0.717) is 11.3 Å². The number of phenols is 1. The molecule has 2 aromatic carbocycles. The quantitative estimate of drug-likeness (QED) is 0.860. The minimum Gasteiger partial charge on any atom is -0.504 e. The van der Waals surface area contributed by atoms with Crippen LogP contribution in [0, 0.1) is 6.92 Å². The normalized spacial score (nSPS) is 10.9. The lowest BCUT2D eigenvalue weighted by Gasteiger charge is -2.05. The minimum atomic E-state index is 0.0944. The molecule has 0 spiro atoms. The maximum atomic E-state index is 9.95. The zero-order valence-electron chi connectivity index (χ0n) is 10.7. The zero-order valence-corrected chi connectivity index (χ0v) is 12.3. The summed E-state index contributed by atoms with van der Waals surface area (Å²) in [7, 11) is 1.52. The summed E-state index contributed by atoms with van der Waals surface area (Å²) in [6, 6.07) is 11.2. The zero-order chi connectivity index (χ0) is 13.8. The van der Waals surface area contributed by atoms with Gasteiger partial charge in [-0.15, -0.1) is 0 Å². The van der Waals surface area contributed by atoms with Crippen LogP contribution < -0.4 is 4.74 Å². The Bertz CT molecular complexity index is 624. The van der Waals surface area contributed by atoms with Gasteiger partial charge in [0.25, 0.3) is 0 Å². The molecule has 0 atom stereocenters. The monoisotopic (exact) mass is 319 g/mol. The van der Waals surface area contributed by atoms with E-state index in [2.05, 4.69) is 20.9 Å². The van der Waals surface area contributed by atoms with Gasteiger partial charge in [0.05, 0.1) is 12.8 Å². The van der Waals surface area contributed by atoms with E-state index in [4.69, 9.17) is 4.74 Å². The van der Waals surface area contributed by atoms with Gasteiger partial charge in [0, 0.05) is 16.3 Å². The van der Waals surface area contributed by atoms with Gasteiger partial charge in [-0.2, -0.15) is 0 Å². The molecule has 0 amide bonds. The predicted molar refractivity (Wildman–Crippen MR) is 80.8 cm³/mol. The number of ether oxygens (including phenoxy) is 1. The molecule has 0 aliphatic rings. The average molecular weight is 320 g/mol. The molecule has 0 saturated heterocycles. The lowest BCUT2D eigenvalue weighted by Crippen LogP contribution is -1.88. The molecule has 0 heterocycles. The number of benzene rings is 2. The first kappa shape index (κ1) is 13.6. The van der Waals surface area contributed by atoms with Gasteiger partial charge in [-0.1, -0.05) is 12.1 Å². The maximum Gasteiger partial charge on any atom is 0.166 e. The van der Waals surface area contributed by atoms with Gasteiger partial charge in [-0.3, -0.25) is 4.99 Å². The Hall–Kier alpha value is -1.81. The van der Waals surface area contributed by atoms with Crippen LogP contribution in [0.25, 0.3) is 0 Å². The maximum absolute atomic E-state index is 9.95. The van der Waals surface area contributed by atoms with Crippen LogP contribution in [0.15, 0.2) is 45.9 Å². The van der Waals surface area contributed by atoms with Gasteiger partial charge >= 0.3 is 0 Å². The van der Waals surface area contributed by atoms with Crippen LogP contribution in [-0.4, -0.2) is 18.4 Å². The molecule has 4 heteroatoms. The third-order valence-electron chi connectivity index (χ3n) is 2.70. The van der Waals surface area contributed by atoms with Crippen molar-refractivity contribution in [3.05, 3.63) is 52.0 Å². The lowest BCUT2D eigenvalue weighted by atomic mass is 10.2. The van der Waals surface area contributed by atoms with Crippen LogP contribution in [0.3, 0.4) is 0 Å². The smallest absolute Gasteiger partial charge is 0.166 e. The summed E-state index contributed by atoms with van der Waals surface area (Å²) in [5.74, 6) is 0.531. The summed E-state index contributed by atoms with van der Waals surface area (Å²) in [6.45, 7) is 2.02. The second-order valence-corrected chi connectivity index (χ2v) is 4.97. The molecule has 0 bridgehead atoms. The van der Waals surface area contributed by atoms with E-state index < -0.39 is 0 Å². The first-order valence-corrected chi connectivity index (χ1v) is 6.57. The van der Waals surface area contributed by atoms with E-state index in [9.17, 15) is 5.11 Å². The summed E-state index contributed by atoms with van der Waals surface area (Å²) in [5, 5.41) is 9.95. The van der Waals surface area contributed by atoms with Crippen molar-refractivity contribution >= 4 is 27.8 Å². The summed E-state index contributed by atoms with van der Waals surface area (Å²) in [5.41, 5.74) is 2.59. The number of aliphatic imine (C=N–C) groups is 1. The summed E-state index contributed by atoms with van der Waals surface area (Å²) in [4.78, 5) is 4.37. The summed E-state index contributed by atoms with van der Waals surface area (Å²) in [6.07, 6.45) is 1.62. The number of halogens is 1. The minimum absolute atomic E-state index is 0.0944. The van der Waals surface area contributed by atoms with Crippen molar-refractivity contribution in [2.45, 2.75) is 6.92 Å². The van der Waals surface area contributed by atoms with Crippen LogP contribution in [0.4, 0.5) is 5.69 Å². The Balaban J connectivity index is 2.32. The van der Waals surface area contributed by atoms with Gasteiger partial charge in [0.1, 0.15) is 0 Å². The largest absolute Gasteiger partial charge is 0.504 e. The first-order chi connectivity index (χ1) is 9.11. The fourth-order valence-electron chi connectivity index (χ4n) is 1.66. The SMILES string of the molecule is COc1cccc(C=Nc2ccc(C)cc2Br)c1O. The highest BCUT2D eigenvalue weighted by Gasteiger charge is 2.05. The summed E-state index contributed by atoms with van der Waals surface area (Å²) >= 11 is 3.47. The molecule has 2 rings (SSSR count). The van der Waals surface area contributed by atoms with Gasteiger partial charge < -0.3 is 9.84 Å². The van der Waals surface area contributed by atoms with E-state index in [-0.39, 0.29) is 5.75 Å². The van der Waals surface area contributed by atoms with Crippen LogP contribution in [0.2, 0.25) is 0 Å². The number of nitrogens with zero attached hydrogens (tertiary/aromatic N) is 1. The Morgan fingerprint density at radius 3 is 2.74 bits per heavy atom. The van der Waals surface area contributed by atoms with Crippen molar-refractivity contribution in [3.63, 3.8) is 0 Å². The molecule has 0 radical (unpaired) electrons. The van der Waals surface area contributed by atoms with Gasteiger partial charge in [0.2, 0.25) is 0 Å². The summed E-state index contributed by atoms with van der Waals surface area (Å²) < 4.78 is 5.98. The molecule has 1 N–H and O–H groups in total. The molecule has 0 fully saturated rings. The topological polar surface area (TPSA) is 41.8 Å². The van der Waals surface area contributed by atoms with Gasteiger partial charge in [-0.05, 0) is 52.7 Å². The molecule has 3 nitrogen and oxygen atoms in total. The molecule has 19 heavy (non-hydrogen) atoms. The highest BCUT2D eigenvalue weighted by molar-refractivity contribution is 9.10. The second-order valence-electron chi connectivity index (χ2n) is 4.11. The van der Waals surface area contributed by atoms with Crippen molar-refractivity contribution in [2.75, 3.05) is 7.11 Å². The van der Waals surface area contributed by atoms with Crippen molar-refractivity contribution in [1.29, 1.82) is 0 Å². The molecule has 98 valence electrons. The van der Waals surface area contributed by atoms with Crippen LogP contribution in [0.5, 0.6) is 11.5 Å². The van der Waals surface area contributed by atoms with Crippen molar-refractivity contribution in [2.24, 2.45) is 4.99 Å². The third kappa shape index (κ3) is 3.15. The van der Waals surface area contributed by atoms with Crippen LogP contribution in [-0.2, 0) is 0 Å². The van der Waals surface area contributed by atoms with E-state index in [1.165, 1.54) is 7.11 Å². The van der Waals surface area contributed by atoms with E-state index >= 15 is 0 Å². The lowest BCUT2D eigenvalue weighted by molar-refractivity contribution is 0.373. The Morgan fingerprint density at radius 1 is 1.26 bits per heavy atom. The number of aryl methyl sites for hydroxylation is 1. The van der Waals surface area contributed by atoms with Crippen molar-refractivity contribution < 1.29 is 9.84 Å². The molecule has 2 aromatic rings. The highest BCUT2D eigenvalue weighted by Crippen LogP contribution is 2.30. The molecule has 0 aliphatic carbocycles. The molecular weight excluding hydrogens is 306 g/mol. The number of methoxy groups -OCH3 is 1. The van der Waals surface area contributed by atoms with Crippen molar-refractivity contribution in [3.8, 4) is 11.5 Å². The first-order valence-electron chi connectivity index (χ1n) is 5.78.